The van der Waals surface area contributed by atoms with Crippen LogP contribution in [0.2, 0.25) is 0 Å². The molecule has 0 aliphatic rings. The lowest BCUT2D eigenvalue weighted by Gasteiger charge is -2.28. The van der Waals surface area contributed by atoms with Gasteiger partial charge in [-0.1, -0.05) is 13.8 Å². The predicted octanol–water partition coefficient (Wildman–Crippen LogP) is 1.71. The number of carbonyl (C=O) groups excluding carboxylic acids is 2. The second-order valence-corrected chi connectivity index (χ2v) is 5.48. The number of ether oxygens (including phenoxy) is 2. The fourth-order valence-electron chi connectivity index (χ4n) is 1.83. The molecule has 5 heteroatoms. The highest BCUT2D eigenvalue weighted by molar-refractivity contribution is 5.78. The van der Waals surface area contributed by atoms with Gasteiger partial charge in [-0.15, -0.1) is 0 Å². The van der Waals surface area contributed by atoms with Crippen LogP contribution in [0.1, 0.15) is 33.6 Å². The molecular weight excluding hydrogens is 246 g/mol. The summed E-state index contributed by atoms with van der Waals surface area (Å²) in [6.07, 6.45) is 1.08. The zero-order valence-corrected chi connectivity index (χ0v) is 13.0. The second-order valence-electron chi connectivity index (χ2n) is 5.48. The number of likely N-dealkylation sites (N-methyl/N-ethyl adjacent to an activating group) is 1. The summed E-state index contributed by atoms with van der Waals surface area (Å²) in [5, 5.41) is 0. The Hall–Kier alpha value is -1.10. The zero-order chi connectivity index (χ0) is 15.1. The van der Waals surface area contributed by atoms with Gasteiger partial charge in [-0.2, -0.15) is 0 Å². The van der Waals surface area contributed by atoms with Gasteiger partial charge < -0.3 is 14.4 Å². The fraction of sp³-hybridized carbons (Fsp3) is 0.857. The van der Waals surface area contributed by atoms with E-state index in [1.807, 2.05) is 32.8 Å². The first-order valence-corrected chi connectivity index (χ1v) is 6.66. The molecule has 5 nitrogen and oxygen atoms in total. The molecule has 0 rings (SSSR count). The van der Waals surface area contributed by atoms with Crippen molar-refractivity contribution in [1.29, 1.82) is 0 Å². The van der Waals surface area contributed by atoms with Crippen LogP contribution < -0.4 is 0 Å². The molecular formula is C14H27NO4. The van der Waals surface area contributed by atoms with Crippen molar-refractivity contribution in [3.8, 4) is 0 Å². The molecule has 0 spiro atoms. The van der Waals surface area contributed by atoms with E-state index in [0.717, 1.165) is 0 Å². The van der Waals surface area contributed by atoms with Gasteiger partial charge in [0.05, 0.1) is 18.4 Å². The van der Waals surface area contributed by atoms with Gasteiger partial charge in [0.2, 0.25) is 0 Å². The van der Waals surface area contributed by atoms with Crippen LogP contribution in [0.15, 0.2) is 0 Å². The number of hydrogen-bond acceptors (Lipinski definition) is 5. The van der Waals surface area contributed by atoms with Crippen LogP contribution in [0.25, 0.3) is 0 Å². The molecule has 0 N–H and O–H groups in total. The molecule has 2 unspecified atom stereocenters. The third-order valence-corrected chi connectivity index (χ3v) is 3.41. The molecule has 0 bridgehead atoms. The molecule has 19 heavy (non-hydrogen) atoms. The summed E-state index contributed by atoms with van der Waals surface area (Å²) in [5.74, 6) is -0.843. The maximum Gasteiger partial charge on any atom is 0.311 e. The Kier molecular flexibility index (Phi) is 7.68. The third kappa shape index (κ3) is 6.05. The van der Waals surface area contributed by atoms with Crippen molar-refractivity contribution in [2.24, 2.45) is 11.3 Å². The summed E-state index contributed by atoms with van der Waals surface area (Å²) in [5.41, 5.74) is -0.639. The molecule has 0 saturated carbocycles. The van der Waals surface area contributed by atoms with Gasteiger partial charge in [0, 0.05) is 6.54 Å². The maximum atomic E-state index is 12.1. The average molecular weight is 273 g/mol. The first-order valence-electron chi connectivity index (χ1n) is 6.66. The van der Waals surface area contributed by atoms with Gasteiger partial charge in [-0.25, -0.2) is 0 Å². The van der Waals surface area contributed by atoms with Crippen molar-refractivity contribution in [1.82, 2.24) is 4.90 Å². The van der Waals surface area contributed by atoms with Crippen LogP contribution in [-0.2, 0) is 19.1 Å². The standard InChI is InChI=1S/C14H27NO4/c1-7-14(3,10-11(2)12(16)18-6)13(17)19-9-8-15(4)5/h11H,7-10H2,1-6H3. The monoisotopic (exact) mass is 273 g/mol. The van der Waals surface area contributed by atoms with E-state index < -0.39 is 5.41 Å². The number of esters is 2. The normalized spacial score (nSPS) is 15.7. The summed E-state index contributed by atoms with van der Waals surface area (Å²) in [4.78, 5) is 25.5. The smallest absolute Gasteiger partial charge is 0.311 e. The number of hydrogen-bond donors (Lipinski definition) is 0. The minimum absolute atomic E-state index is 0.243. The van der Waals surface area contributed by atoms with Crippen molar-refractivity contribution in [2.75, 3.05) is 34.4 Å². The Balaban J connectivity index is 4.49. The lowest BCUT2D eigenvalue weighted by Crippen LogP contribution is -2.34. The number of carbonyl (C=O) groups is 2. The van der Waals surface area contributed by atoms with Crippen LogP contribution >= 0.6 is 0 Å². The molecule has 0 aromatic carbocycles. The summed E-state index contributed by atoms with van der Waals surface area (Å²) in [7, 11) is 5.20. The SMILES string of the molecule is CCC(C)(CC(C)C(=O)OC)C(=O)OCCN(C)C. The van der Waals surface area contributed by atoms with Gasteiger partial charge in [-0.05, 0) is 33.9 Å². The highest BCUT2D eigenvalue weighted by atomic mass is 16.5. The van der Waals surface area contributed by atoms with Crippen molar-refractivity contribution >= 4 is 11.9 Å². The summed E-state index contributed by atoms with van der Waals surface area (Å²) >= 11 is 0. The van der Waals surface area contributed by atoms with Crippen LogP contribution in [0.4, 0.5) is 0 Å². The van der Waals surface area contributed by atoms with Crippen molar-refractivity contribution in [3.63, 3.8) is 0 Å². The largest absolute Gasteiger partial charge is 0.469 e. The third-order valence-electron chi connectivity index (χ3n) is 3.41. The molecule has 0 aliphatic heterocycles. The van der Waals surface area contributed by atoms with E-state index in [2.05, 4.69) is 0 Å². The number of methoxy groups -OCH3 is 1. The zero-order valence-electron chi connectivity index (χ0n) is 13.0. The summed E-state index contributed by atoms with van der Waals surface area (Å²) < 4.78 is 9.99. The van der Waals surface area contributed by atoms with Gasteiger partial charge in [0.25, 0.3) is 0 Å². The van der Waals surface area contributed by atoms with Crippen molar-refractivity contribution < 1.29 is 19.1 Å². The lowest BCUT2D eigenvalue weighted by atomic mass is 9.79. The Morgan fingerprint density at radius 3 is 2.32 bits per heavy atom. The maximum absolute atomic E-state index is 12.1. The van der Waals surface area contributed by atoms with Gasteiger partial charge >= 0.3 is 11.9 Å². The Labute approximate surface area is 116 Å². The van der Waals surface area contributed by atoms with E-state index in [1.54, 1.807) is 6.92 Å². The summed E-state index contributed by atoms with van der Waals surface area (Å²) in [6.45, 7) is 6.60. The first kappa shape index (κ1) is 17.9. The lowest BCUT2D eigenvalue weighted by molar-refractivity contribution is -0.158. The fourth-order valence-corrected chi connectivity index (χ4v) is 1.83. The van der Waals surface area contributed by atoms with E-state index in [4.69, 9.17) is 9.47 Å². The quantitative estimate of drug-likeness (QED) is 0.630. The topological polar surface area (TPSA) is 55.8 Å². The summed E-state index contributed by atoms with van der Waals surface area (Å²) in [6, 6.07) is 0. The van der Waals surface area contributed by atoms with Crippen LogP contribution in [0, 0.1) is 11.3 Å². The number of nitrogens with zero attached hydrogens (tertiary/aromatic N) is 1. The minimum atomic E-state index is -0.639. The average Bonchev–Trinajstić information content (AvgIpc) is 2.36. The Morgan fingerprint density at radius 1 is 1.32 bits per heavy atom. The highest BCUT2D eigenvalue weighted by Gasteiger charge is 2.36. The molecule has 0 radical (unpaired) electrons. The first-order chi connectivity index (χ1) is 8.76. The molecule has 0 heterocycles. The minimum Gasteiger partial charge on any atom is -0.469 e. The number of rotatable bonds is 8. The Morgan fingerprint density at radius 2 is 1.89 bits per heavy atom. The van der Waals surface area contributed by atoms with Gasteiger partial charge in [0.15, 0.2) is 0 Å². The van der Waals surface area contributed by atoms with E-state index >= 15 is 0 Å². The van der Waals surface area contributed by atoms with Crippen LogP contribution in [0.3, 0.4) is 0 Å². The van der Waals surface area contributed by atoms with Crippen LogP contribution in [-0.4, -0.2) is 51.2 Å². The molecule has 0 aliphatic carbocycles. The van der Waals surface area contributed by atoms with E-state index in [9.17, 15) is 9.59 Å². The second kappa shape index (κ2) is 8.15. The van der Waals surface area contributed by atoms with Gasteiger partial charge in [-0.3, -0.25) is 9.59 Å². The van der Waals surface area contributed by atoms with E-state index in [1.165, 1.54) is 7.11 Å². The highest BCUT2D eigenvalue weighted by Crippen LogP contribution is 2.31. The molecule has 0 aromatic rings. The van der Waals surface area contributed by atoms with E-state index in [0.29, 0.717) is 26.0 Å². The molecule has 0 aromatic heterocycles. The molecule has 112 valence electrons. The van der Waals surface area contributed by atoms with Crippen molar-refractivity contribution in [3.05, 3.63) is 0 Å². The van der Waals surface area contributed by atoms with Crippen molar-refractivity contribution in [2.45, 2.75) is 33.6 Å². The van der Waals surface area contributed by atoms with E-state index in [-0.39, 0.29) is 17.9 Å². The molecule has 0 fully saturated rings. The van der Waals surface area contributed by atoms with Crippen LogP contribution in [0.5, 0.6) is 0 Å². The predicted molar refractivity (Wildman–Crippen MR) is 73.7 cm³/mol. The van der Waals surface area contributed by atoms with Gasteiger partial charge in [0.1, 0.15) is 6.61 Å². The molecule has 2 atom stereocenters. The molecule has 0 saturated heterocycles. The Bertz CT molecular complexity index is 304. The molecule has 0 amide bonds.